The third kappa shape index (κ3) is 6.73. The van der Waals surface area contributed by atoms with Crippen molar-refractivity contribution >= 4 is 12.1 Å². The summed E-state index contributed by atoms with van der Waals surface area (Å²) in [5.74, 6) is 0.866. The van der Waals surface area contributed by atoms with Crippen LogP contribution in [-0.2, 0) is 16.0 Å². The summed E-state index contributed by atoms with van der Waals surface area (Å²) in [6.45, 7) is 8.70. The molecule has 3 rings (SSSR count). The van der Waals surface area contributed by atoms with Gasteiger partial charge in [-0.1, -0.05) is 0 Å². The van der Waals surface area contributed by atoms with Crippen molar-refractivity contribution in [3.05, 3.63) is 23.5 Å². The molecule has 2 heterocycles. The number of amides is 1. The zero-order valence-electron chi connectivity index (χ0n) is 19.4. The minimum atomic E-state index is -0.500. The van der Waals surface area contributed by atoms with Crippen molar-refractivity contribution in [2.45, 2.75) is 65.5 Å². The SMILES string of the molecule is COC(=O)c1cc(-c2nnn(C[C@H]3CC[C@H](CNC(=O)OC(C)(C)C)CC3)n2)cc(C)n1. The standard InChI is InChI=1S/C22H32N6O4/c1-14-10-17(11-18(24-14)20(29)31-5)19-25-27-28(26-19)13-16-8-6-15(7-9-16)12-23-21(30)32-22(2,3)4/h10-11,15-16H,6-9,12-13H2,1-5H3,(H,23,30)/t15-,16-. The number of rotatable bonds is 6. The van der Waals surface area contributed by atoms with Gasteiger partial charge in [0.25, 0.3) is 0 Å². The molecule has 1 N–H and O–H groups in total. The van der Waals surface area contributed by atoms with E-state index in [1.165, 1.54) is 7.11 Å². The molecule has 1 aliphatic carbocycles. The number of alkyl carbamates (subject to hydrolysis) is 1. The molecule has 0 aliphatic heterocycles. The van der Waals surface area contributed by atoms with Gasteiger partial charge in [0.15, 0.2) is 0 Å². The predicted molar refractivity (Wildman–Crippen MR) is 117 cm³/mol. The molecule has 2 aromatic heterocycles. The maximum Gasteiger partial charge on any atom is 0.407 e. The molecule has 0 saturated heterocycles. The minimum absolute atomic E-state index is 0.220. The van der Waals surface area contributed by atoms with E-state index in [2.05, 4.69) is 25.7 Å². The summed E-state index contributed by atoms with van der Waals surface area (Å²) in [4.78, 5) is 29.5. The summed E-state index contributed by atoms with van der Waals surface area (Å²) < 4.78 is 10.1. The highest BCUT2D eigenvalue weighted by Gasteiger charge is 2.24. The van der Waals surface area contributed by atoms with Gasteiger partial charge in [-0.05, 0) is 82.6 Å². The molecule has 10 nitrogen and oxygen atoms in total. The Morgan fingerprint density at radius 3 is 2.50 bits per heavy atom. The number of pyridine rings is 1. The Morgan fingerprint density at radius 2 is 1.84 bits per heavy atom. The summed E-state index contributed by atoms with van der Waals surface area (Å²) in [7, 11) is 1.32. The number of aryl methyl sites for hydroxylation is 1. The summed E-state index contributed by atoms with van der Waals surface area (Å²) in [5, 5.41) is 15.7. The van der Waals surface area contributed by atoms with Crippen LogP contribution in [0.2, 0.25) is 0 Å². The lowest BCUT2D eigenvalue weighted by Gasteiger charge is -2.28. The first-order chi connectivity index (χ1) is 15.1. The fourth-order valence-electron chi connectivity index (χ4n) is 3.83. The zero-order valence-corrected chi connectivity index (χ0v) is 19.4. The minimum Gasteiger partial charge on any atom is -0.464 e. The number of methoxy groups -OCH3 is 1. The highest BCUT2D eigenvalue weighted by Crippen LogP contribution is 2.29. The van der Waals surface area contributed by atoms with Crippen LogP contribution < -0.4 is 5.32 Å². The lowest BCUT2D eigenvalue weighted by Crippen LogP contribution is -2.36. The van der Waals surface area contributed by atoms with Crippen LogP contribution in [0.1, 0.15) is 62.6 Å². The lowest BCUT2D eigenvalue weighted by atomic mass is 9.82. The van der Waals surface area contributed by atoms with Crippen LogP contribution in [0, 0.1) is 18.8 Å². The molecule has 0 radical (unpaired) electrons. The van der Waals surface area contributed by atoms with E-state index in [9.17, 15) is 9.59 Å². The topological polar surface area (TPSA) is 121 Å². The second-order valence-corrected chi connectivity index (χ2v) is 9.31. The molecular formula is C22H32N6O4. The van der Waals surface area contributed by atoms with Gasteiger partial charge in [-0.25, -0.2) is 14.6 Å². The number of tetrazole rings is 1. The maximum absolute atomic E-state index is 11.8. The Hall–Kier alpha value is -3.04. The van der Waals surface area contributed by atoms with Crippen molar-refractivity contribution in [3.63, 3.8) is 0 Å². The molecule has 0 bridgehead atoms. The molecular weight excluding hydrogens is 412 g/mol. The smallest absolute Gasteiger partial charge is 0.407 e. The molecule has 2 aromatic rings. The molecule has 1 aliphatic rings. The Labute approximate surface area is 188 Å². The van der Waals surface area contributed by atoms with Gasteiger partial charge in [0, 0.05) is 17.8 Å². The third-order valence-electron chi connectivity index (χ3n) is 5.38. The van der Waals surface area contributed by atoms with E-state index in [-0.39, 0.29) is 11.8 Å². The first kappa shape index (κ1) is 23.6. The van der Waals surface area contributed by atoms with Gasteiger partial charge in [0.2, 0.25) is 5.82 Å². The van der Waals surface area contributed by atoms with Crippen LogP contribution in [-0.4, -0.2) is 56.5 Å². The Kier molecular flexibility index (Phi) is 7.42. The Bertz CT molecular complexity index is 944. The quantitative estimate of drug-likeness (QED) is 0.675. The van der Waals surface area contributed by atoms with Crippen molar-refractivity contribution in [2.75, 3.05) is 13.7 Å². The number of nitrogens with zero attached hydrogens (tertiary/aromatic N) is 5. The van der Waals surface area contributed by atoms with Crippen LogP contribution >= 0.6 is 0 Å². The Balaban J connectivity index is 1.50. The summed E-state index contributed by atoms with van der Waals surface area (Å²) in [5.41, 5.74) is 1.09. The number of carbonyl (C=O) groups excluding carboxylic acids is 2. The van der Waals surface area contributed by atoms with E-state index in [0.29, 0.717) is 42.0 Å². The van der Waals surface area contributed by atoms with Crippen molar-refractivity contribution in [2.24, 2.45) is 11.8 Å². The van der Waals surface area contributed by atoms with Gasteiger partial charge < -0.3 is 14.8 Å². The van der Waals surface area contributed by atoms with Crippen LogP contribution in [0.3, 0.4) is 0 Å². The van der Waals surface area contributed by atoms with E-state index in [1.807, 2.05) is 26.8 Å². The lowest BCUT2D eigenvalue weighted by molar-refractivity contribution is 0.0511. The average Bonchev–Trinajstić information content (AvgIpc) is 3.19. The number of hydrogen-bond acceptors (Lipinski definition) is 8. The third-order valence-corrected chi connectivity index (χ3v) is 5.38. The van der Waals surface area contributed by atoms with E-state index in [0.717, 1.165) is 25.7 Å². The molecule has 1 fully saturated rings. The molecule has 0 atom stereocenters. The van der Waals surface area contributed by atoms with Crippen LogP contribution in [0.25, 0.3) is 11.4 Å². The number of ether oxygens (including phenoxy) is 2. The van der Waals surface area contributed by atoms with Gasteiger partial charge in [0.05, 0.1) is 13.7 Å². The van der Waals surface area contributed by atoms with Crippen LogP contribution in [0.5, 0.6) is 0 Å². The zero-order chi connectivity index (χ0) is 23.3. The molecule has 1 amide bonds. The first-order valence-electron chi connectivity index (χ1n) is 10.9. The maximum atomic E-state index is 11.8. The Morgan fingerprint density at radius 1 is 1.16 bits per heavy atom. The van der Waals surface area contributed by atoms with Crippen LogP contribution in [0.4, 0.5) is 4.79 Å². The fraction of sp³-hybridized carbons (Fsp3) is 0.636. The molecule has 32 heavy (non-hydrogen) atoms. The molecule has 0 spiro atoms. The molecule has 0 aromatic carbocycles. The molecule has 1 saturated carbocycles. The van der Waals surface area contributed by atoms with Gasteiger partial charge in [0.1, 0.15) is 11.3 Å². The normalized spacial score (nSPS) is 18.8. The highest BCUT2D eigenvalue weighted by atomic mass is 16.6. The monoisotopic (exact) mass is 444 g/mol. The predicted octanol–water partition coefficient (Wildman–Crippen LogP) is 3.16. The number of nitrogens with one attached hydrogen (secondary N) is 1. The highest BCUT2D eigenvalue weighted by molar-refractivity contribution is 5.88. The van der Waals surface area contributed by atoms with E-state index in [4.69, 9.17) is 9.47 Å². The summed E-state index contributed by atoms with van der Waals surface area (Å²) >= 11 is 0. The largest absolute Gasteiger partial charge is 0.464 e. The van der Waals surface area contributed by atoms with E-state index >= 15 is 0 Å². The van der Waals surface area contributed by atoms with Crippen molar-refractivity contribution in [1.29, 1.82) is 0 Å². The van der Waals surface area contributed by atoms with Gasteiger partial charge in [-0.2, -0.15) is 4.80 Å². The number of esters is 1. The molecule has 174 valence electrons. The van der Waals surface area contributed by atoms with E-state index < -0.39 is 11.6 Å². The average molecular weight is 445 g/mol. The van der Waals surface area contributed by atoms with E-state index in [1.54, 1.807) is 17.8 Å². The number of hydrogen-bond donors (Lipinski definition) is 1. The van der Waals surface area contributed by atoms with Gasteiger partial charge in [-0.3, -0.25) is 0 Å². The van der Waals surface area contributed by atoms with Crippen molar-refractivity contribution < 1.29 is 19.1 Å². The first-order valence-corrected chi connectivity index (χ1v) is 10.9. The summed E-state index contributed by atoms with van der Waals surface area (Å²) in [6, 6.07) is 3.43. The van der Waals surface area contributed by atoms with Gasteiger partial charge in [-0.15, -0.1) is 10.2 Å². The molecule has 10 heteroatoms. The second-order valence-electron chi connectivity index (χ2n) is 9.31. The number of aromatic nitrogens is 5. The van der Waals surface area contributed by atoms with Crippen LogP contribution in [0.15, 0.2) is 12.1 Å². The summed E-state index contributed by atoms with van der Waals surface area (Å²) in [6.07, 6.45) is 3.79. The number of carbonyl (C=O) groups is 2. The molecule has 0 unspecified atom stereocenters. The van der Waals surface area contributed by atoms with Crippen molar-refractivity contribution in [1.82, 2.24) is 30.5 Å². The fourth-order valence-corrected chi connectivity index (χ4v) is 3.83. The van der Waals surface area contributed by atoms with Crippen molar-refractivity contribution in [3.8, 4) is 11.4 Å². The second kappa shape index (κ2) is 10.1. The van der Waals surface area contributed by atoms with Gasteiger partial charge >= 0.3 is 12.1 Å².